The lowest BCUT2D eigenvalue weighted by Gasteiger charge is -2.38. The summed E-state index contributed by atoms with van der Waals surface area (Å²) >= 11 is 6.14. The van der Waals surface area contributed by atoms with E-state index in [4.69, 9.17) is 11.6 Å². The van der Waals surface area contributed by atoms with Crippen molar-refractivity contribution >= 4 is 29.7 Å². The fourth-order valence-electron chi connectivity index (χ4n) is 2.88. The van der Waals surface area contributed by atoms with E-state index in [1.165, 1.54) is 6.07 Å². The van der Waals surface area contributed by atoms with Crippen LogP contribution in [0.5, 0.6) is 0 Å². The first-order valence-corrected chi connectivity index (χ1v) is 6.02. The van der Waals surface area contributed by atoms with Gasteiger partial charge in [0.2, 0.25) is 0 Å². The van der Waals surface area contributed by atoms with Gasteiger partial charge in [0.05, 0.1) is 5.69 Å². The van der Waals surface area contributed by atoms with E-state index in [0.29, 0.717) is 17.1 Å². The molecule has 0 radical (unpaired) electrons. The Kier molecular flexibility index (Phi) is 3.53. The second kappa shape index (κ2) is 4.63. The van der Waals surface area contributed by atoms with Crippen molar-refractivity contribution in [2.24, 2.45) is 0 Å². The van der Waals surface area contributed by atoms with Gasteiger partial charge >= 0.3 is 0 Å². The SMILES string of the molecule is C[C@@H]1CNC[C@H]2Cc3c(Cl)ccc(F)c3N21.Cl. The van der Waals surface area contributed by atoms with Gasteiger partial charge in [0, 0.05) is 30.2 Å². The minimum Gasteiger partial charge on any atom is -0.360 e. The zero-order chi connectivity index (χ0) is 11.3. The highest BCUT2D eigenvalue weighted by Gasteiger charge is 2.37. The minimum atomic E-state index is -0.143. The quantitative estimate of drug-likeness (QED) is 0.784. The molecule has 3 rings (SSSR count). The Hall–Kier alpha value is -0.510. The van der Waals surface area contributed by atoms with E-state index >= 15 is 0 Å². The van der Waals surface area contributed by atoms with Gasteiger partial charge in [-0.1, -0.05) is 11.6 Å². The van der Waals surface area contributed by atoms with Crippen LogP contribution in [0.3, 0.4) is 0 Å². The molecule has 94 valence electrons. The zero-order valence-electron chi connectivity index (χ0n) is 9.54. The van der Waals surface area contributed by atoms with Crippen LogP contribution in [0.2, 0.25) is 5.02 Å². The predicted octanol–water partition coefficient (Wildman–Crippen LogP) is 2.62. The van der Waals surface area contributed by atoms with Gasteiger partial charge in [-0.3, -0.25) is 0 Å². The lowest BCUT2D eigenvalue weighted by atomic mass is 10.1. The molecule has 1 fully saturated rings. The number of anilines is 1. The highest BCUT2D eigenvalue weighted by molar-refractivity contribution is 6.31. The number of hydrogen-bond donors (Lipinski definition) is 1. The Balaban J connectivity index is 0.00000108. The second-order valence-electron chi connectivity index (χ2n) is 4.63. The molecule has 2 atom stereocenters. The lowest BCUT2D eigenvalue weighted by Crippen LogP contribution is -2.55. The first-order chi connectivity index (χ1) is 7.68. The first kappa shape index (κ1) is 12.9. The molecule has 1 aromatic carbocycles. The number of nitrogens with zero attached hydrogens (tertiary/aromatic N) is 1. The zero-order valence-corrected chi connectivity index (χ0v) is 11.1. The smallest absolute Gasteiger partial charge is 0.146 e. The van der Waals surface area contributed by atoms with Crippen molar-refractivity contribution in [2.75, 3.05) is 18.0 Å². The van der Waals surface area contributed by atoms with E-state index in [2.05, 4.69) is 17.1 Å². The molecule has 2 aliphatic heterocycles. The Morgan fingerprint density at radius 3 is 2.94 bits per heavy atom. The third-order valence-electron chi connectivity index (χ3n) is 3.56. The number of fused-ring (bicyclic) bond motifs is 3. The molecular formula is C12H15Cl2FN2. The van der Waals surface area contributed by atoms with Crippen molar-refractivity contribution in [1.29, 1.82) is 0 Å². The summed E-state index contributed by atoms with van der Waals surface area (Å²) < 4.78 is 13.9. The molecule has 0 aliphatic carbocycles. The van der Waals surface area contributed by atoms with Gasteiger partial charge < -0.3 is 10.2 Å². The molecule has 2 aliphatic rings. The molecule has 0 amide bonds. The molecule has 0 bridgehead atoms. The van der Waals surface area contributed by atoms with E-state index in [1.54, 1.807) is 6.07 Å². The van der Waals surface area contributed by atoms with Crippen molar-refractivity contribution < 1.29 is 4.39 Å². The van der Waals surface area contributed by atoms with E-state index in [0.717, 1.165) is 30.8 Å². The van der Waals surface area contributed by atoms with Gasteiger partial charge in [-0.15, -0.1) is 12.4 Å². The summed E-state index contributed by atoms with van der Waals surface area (Å²) in [4.78, 5) is 2.19. The van der Waals surface area contributed by atoms with Crippen LogP contribution >= 0.6 is 24.0 Å². The molecular weight excluding hydrogens is 262 g/mol. The van der Waals surface area contributed by atoms with E-state index in [9.17, 15) is 4.39 Å². The van der Waals surface area contributed by atoms with Gasteiger partial charge in [0.25, 0.3) is 0 Å². The standard InChI is InChI=1S/C12H14ClFN2.ClH/c1-7-5-15-6-8-4-9-10(13)2-3-11(14)12(9)16(7)8;/h2-3,7-8,15H,4-6H2,1H3;1H/t7-,8-;/m1./s1. The summed E-state index contributed by atoms with van der Waals surface area (Å²) in [5.41, 5.74) is 1.70. The van der Waals surface area contributed by atoms with Gasteiger partial charge in [-0.2, -0.15) is 0 Å². The topological polar surface area (TPSA) is 15.3 Å². The molecule has 0 spiro atoms. The van der Waals surface area contributed by atoms with Crippen LogP contribution in [0, 0.1) is 5.82 Å². The molecule has 1 saturated heterocycles. The summed E-state index contributed by atoms with van der Waals surface area (Å²) in [6.45, 7) is 3.94. The van der Waals surface area contributed by atoms with Crippen molar-refractivity contribution in [1.82, 2.24) is 5.32 Å². The average Bonchev–Trinajstić information content (AvgIpc) is 2.65. The molecule has 2 nitrogen and oxygen atoms in total. The number of hydrogen-bond acceptors (Lipinski definition) is 2. The molecule has 0 aromatic heterocycles. The van der Waals surface area contributed by atoms with Crippen LogP contribution < -0.4 is 10.2 Å². The Bertz CT molecular complexity index is 439. The van der Waals surface area contributed by atoms with Crippen molar-refractivity contribution in [3.8, 4) is 0 Å². The number of rotatable bonds is 0. The van der Waals surface area contributed by atoms with E-state index < -0.39 is 0 Å². The average molecular weight is 277 g/mol. The molecule has 2 heterocycles. The van der Waals surface area contributed by atoms with Gasteiger partial charge in [-0.05, 0) is 31.0 Å². The summed E-state index contributed by atoms with van der Waals surface area (Å²) in [7, 11) is 0. The maximum absolute atomic E-state index is 13.9. The van der Waals surface area contributed by atoms with Crippen LogP contribution in [0.15, 0.2) is 12.1 Å². The lowest BCUT2D eigenvalue weighted by molar-refractivity contribution is 0.426. The van der Waals surface area contributed by atoms with Gasteiger partial charge in [-0.25, -0.2) is 4.39 Å². The number of nitrogens with one attached hydrogen (secondary N) is 1. The van der Waals surface area contributed by atoms with Crippen molar-refractivity contribution in [2.45, 2.75) is 25.4 Å². The van der Waals surface area contributed by atoms with Gasteiger partial charge in [0.1, 0.15) is 5.82 Å². The molecule has 1 N–H and O–H groups in total. The fourth-order valence-corrected chi connectivity index (χ4v) is 3.11. The number of piperazine rings is 1. The van der Waals surface area contributed by atoms with Crippen molar-refractivity contribution in [3.63, 3.8) is 0 Å². The third-order valence-corrected chi connectivity index (χ3v) is 3.92. The van der Waals surface area contributed by atoms with Crippen LogP contribution in [-0.2, 0) is 6.42 Å². The van der Waals surface area contributed by atoms with Gasteiger partial charge in [0.15, 0.2) is 0 Å². The Morgan fingerprint density at radius 1 is 1.41 bits per heavy atom. The van der Waals surface area contributed by atoms with Crippen LogP contribution in [0.4, 0.5) is 10.1 Å². The molecule has 5 heteroatoms. The molecule has 0 saturated carbocycles. The Morgan fingerprint density at radius 2 is 2.18 bits per heavy atom. The maximum atomic E-state index is 13.9. The molecule has 1 aromatic rings. The predicted molar refractivity (Wildman–Crippen MR) is 71.0 cm³/mol. The fraction of sp³-hybridized carbons (Fsp3) is 0.500. The highest BCUT2D eigenvalue weighted by atomic mass is 35.5. The summed E-state index contributed by atoms with van der Waals surface area (Å²) in [5.74, 6) is -0.143. The van der Waals surface area contributed by atoms with Crippen LogP contribution in [-0.4, -0.2) is 25.2 Å². The molecule has 0 unspecified atom stereocenters. The first-order valence-electron chi connectivity index (χ1n) is 5.64. The number of benzene rings is 1. The number of halogens is 3. The Labute approximate surface area is 112 Å². The summed E-state index contributed by atoms with van der Waals surface area (Å²) in [6.07, 6.45) is 0.850. The highest BCUT2D eigenvalue weighted by Crippen LogP contribution is 2.40. The third kappa shape index (κ3) is 1.90. The summed E-state index contributed by atoms with van der Waals surface area (Å²) in [6, 6.07) is 3.81. The molecule has 17 heavy (non-hydrogen) atoms. The van der Waals surface area contributed by atoms with E-state index in [-0.39, 0.29) is 18.2 Å². The largest absolute Gasteiger partial charge is 0.360 e. The van der Waals surface area contributed by atoms with E-state index in [1.807, 2.05) is 0 Å². The van der Waals surface area contributed by atoms with Crippen LogP contribution in [0.25, 0.3) is 0 Å². The second-order valence-corrected chi connectivity index (χ2v) is 5.04. The summed E-state index contributed by atoms with van der Waals surface area (Å²) in [5, 5.41) is 4.07. The maximum Gasteiger partial charge on any atom is 0.146 e. The normalized spacial score (nSPS) is 26.2. The minimum absolute atomic E-state index is 0. The van der Waals surface area contributed by atoms with Crippen molar-refractivity contribution in [3.05, 3.63) is 28.5 Å². The van der Waals surface area contributed by atoms with Crippen LogP contribution in [0.1, 0.15) is 12.5 Å². The monoisotopic (exact) mass is 276 g/mol.